The fourth-order valence-corrected chi connectivity index (χ4v) is 4.49. The molecule has 0 aliphatic carbocycles. The van der Waals surface area contributed by atoms with E-state index in [1.54, 1.807) is 19.9 Å². The molecule has 3 rings (SSSR count). The molecule has 1 saturated heterocycles. The molecule has 2 heterocycles. The van der Waals surface area contributed by atoms with Crippen LogP contribution in [0.2, 0.25) is 0 Å². The molecule has 2 atom stereocenters. The van der Waals surface area contributed by atoms with Crippen LogP contribution >= 0.6 is 0 Å². The van der Waals surface area contributed by atoms with E-state index in [1.165, 1.54) is 16.4 Å². The van der Waals surface area contributed by atoms with Crippen molar-refractivity contribution in [2.24, 2.45) is 5.92 Å². The average Bonchev–Trinajstić information content (AvgIpc) is 2.50. The fourth-order valence-electron chi connectivity index (χ4n) is 2.91. The van der Waals surface area contributed by atoms with Crippen LogP contribution in [0.1, 0.15) is 27.2 Å². The Kier molecular flexibility index (Phi) is 4.09. The first-order valence-corrected chi connectivity index (χ1v) is 9.38. The molecule has 0 spiro atoms. The van der Waals surface area contributed by atoms with Gasteiger partial charge in [0.2, 0.25) is 10.0 Å². The van der Waals surface area contributed by atoms with Gasteiger partial charge in [0.25, 0.3) is 5.91 Å². The zero-order chi connectivity index (χ0) is 17.7. The molecule has 0 bridgehead atoms. The first-order valence-electron chi connectivity index (χ1n) is 7.94. The second kappa shape index (κ2) is 5.72. The van der Waals surface area contributed by atoms with Crippen LogP contribution in [-0.4, -0.2) is 48.5 Å². The predicted molar refractivity (Wildman–Crippen MR) is 88.3 cm³/mol. The Morgan fingerprint density at radius 2 is 2.08 bits per heavy atom. The molecule has 0 saturated carbocycles. The topological polar surface area (TPSA) is 95.9 Å². The van der Waals surface area contributed by atoms with Gasteiger partial charge in [0, 0.05) is 13.1 Å². The lowest BCUT2D eigenvalue weighted by Crippen LogP contribution is -2.46. The van der Waals surface area contributed by atoms with Crippen LogP contribution in [0.4, 0.5) is 5.69 Å². The Morgan fingerprint density at radius 1 is 1.38 bits per heavy atom. The molecule has 1 fully saturated rings. The maximum absolute atomic E-state index is 12.8. The molecule has 1 aromatic rings. The number of hydrogen-bond donors (Lipinski definition) is 2. The summed E-state index contributed by atoms with van der Waals surface area (Å²) in [6.45, 7) is 5.68. The third kappa shape index (κ3) is 2.89. The minimum Gasteiger partial charge on any atom is -0.476 e. The zero-order valence-electron chi connectivity index (χ0n) is 13.9. The summed E-state index contributed by atoms with van der Waals surface area (Å²) in [5.41, 5.74) is -0.642. The van der Waals surface area contributed by atoms with Crippen molar-refractivity contribution in [1.82, 2.24) is 4.31 Å². The van der Waals surface area contributed by atoms with Crippen LogP contribution in [-0.2, 0) is 14.8 Å². The molecule has 24 heavy (non-hydrogen) atoms. The summed E-state index contributed by atoms with van der Waals surface area (Å²) in [5.74, 6) is 0.00948. The molecule has 2 unspecified atom stereocenters. The normalized spacial score (nSPS) is 27.1. The predicted octanol–water partition coefficient (Wildman–Crippen LogP) is 1.19. The number of fused-ring (bicyclic) bond motifs is 1. The minimum absolute atomic E-state index is 0.105. The number of anilines is 1. The number of benzene rings is 1. The van der Waals surface area contributed by atoms with Crippen molar-refractivity contribution in [2.75, 3.05) is 18.4 Å². The number of sulfonamides is 1. The smallest absolute Gasteiger partial charge is 0.268 e. The Hall–Kier alpha value is -1.64. The van der Waals surface area contributed by atoms with Crippen LogP contribution in [0.5, 0.6) is 5.75 Å². The van der Waals surface area contributed by atoms with Crippen molar-refractivity contribution in [1.29, 1.82) is 0 Å². The molecule has 7 nitrogen and oxygen atoms in total. The van der Waals surface area contributed by atoms with Crippen LogP contribution < -0.4 is 10.1 Å². The summed E-state index contributed by atoms with van der Waals surface area (Å²) in [6.07, 6.45) is -0.0609. The summed E-state index contributed by atoms with van der Waals surface area (Å²) in [5, 5.41) is 12.5. The third-order valence-corrected chi connectivity index (χ3v) is 6.43. The standard InChI is InChI=1S/C16H22N2O5S/c1-10-9-18(7-6-13(10)19)24(21,22)11-4-5-14-12(8-11)17-15(20)16(2,3)23-14/h4-5,8,10,13,19H,6-7,9H2,1-3H3,(H,17,20). The highest BCUT2D eigenvalue weighted by Crippen LogP contribution is 2.36. The van der Waals surface area contributed by atoms with Crippen molar-refractivity contribution in [2.45, 2.75) is 43.8 Å². The Balaban J connectivity index is 1.91. The lowest BCUT2D eigenvalue weighted by Gasteiger charge is -2.34. The molecule has 0 radical (unpaired) electrons. The molecule has 132 valence electrons. The number of hydrogen-bond acceptors (Lipinski definition) is 5. The van der Waals surface area contributed by atoms with Gasteiger partial charge in [0.1, 0.15) is 5.75 Å². The van der Waals surface area contributed by atoms with E-state index in [4.69, 9.17) is 4.74 Å². The maximum atomic E-state index is 12.8. The van der Waals surface area contributed by atoms with E-state index < -0.39 is 21.7 Å². The molecule has 1 aromatic carbocycles. The van der Waals surface area contributed by atoms with Crippen LogP contribution in [0.15, 0.2) is 23.1 Å². The Morgan fingerprint density at radius 3 is 2.75 bits per heavy atom. The van der Waals surface area contributed by atoms with E-state index in [9.17, 15) is 18.3 Å². The maximum Gasteiger partial charge on any atom is 0.268 e. The lowest BCUT2D eigenvalue weighted by molar-refractivity contribution is -0.129. The Bertz CT molecular complexity index is 775. The quantitative estimate of drug-likeness (QED) is 0.832. The number of carbonyl (C=O) groups excluding carboxylic acids is 1. The average molecular weight is 354 g/mol. The van der Waals surface area contributed by atoms with Crippen molar-refractivity contribution >= 4 is 21.6 Å². The molecule has 2 N–H and O–H groups in total. The van der Waals surface area contributed by atoms with Gasteiger partial charge in [0.05, 0.1) is 16.7 Å². The van der Waals surface area contributed by atoms with Gasteiger partial charge in [-0.05, 0) is 44.4 Å². The number of rotatable bonds is 2. The monoisotopic (exact) mass is 354 g/mol. The summed E-state index contributed by atoms with van der Waals surface area (Å²) in [6, 6.07) is 4.47. The highest BCUT2D eigenvalue weighted by molar-refractivity contribution is 7.89. The van der Waals surface area contributed by atoms with Gasteiger partial charge < -0.3 is 15.2 Å². The summed E-state index contributed by atoms with van der Waals surface area (Å²) >= 11 is 0. The third-order valence-electron chi connectivity index (χ3n) is 4.57. The van der Waals surface area contributed by atoms with Gasteiger partial charge in [-0.3, -0.25) is 4.79 Å². The van der Waals surface area contributed by atoms with Gasteiger partial charge in [-0.2, -0.15) is 4.31 Å². The van der Waals surface area contributed by atoms with E-state index in [2.05, 4.69) is 5.32 Å². The molecular weight excluding hydrogens is 332 g/mol. The Labute approximate surface area is 141 Å². The first-order chi connectivity index (χ1) is 11.1. The van der Waals surface area contributed by atoms with Gasteiger partial charge in [-0.15, -0.1) is 0 Å². The molecular formula is C16H22N2O5S. The van der Waals surface area contributed by atoms with Crippen molar-refractivity contribution in [3.05, 3.63) is 18.2 Å². The number of nitrogens with one attached hydrogen (secondary N) is 1. The van der Waals surface area contributed by atoms with E-state index in [0.717, 1.165) is 0 Å². The number of carbonyl (C=O) groups is 1. The SMILES string of the molecule is CC1CN(S(=O)(=O)c2ccc3c(c2)NC(=O)C(C)(C)O3)CCC1O. The molecule has 2 aliphatic rings. The van der Waals surface area contributed by atoms with Gasteiger partial charge >= 0.3 is 0 Å². The summed E-state index contributed by atoms with van der Waals surface area (Å²) in [7, 11) is -3.68. The van der Waals surface area contributed by atoms with E-state index in [-0.39, 0.29) is 29.8 Å². The second-order valence-electron chi connectivity index (χ2n) is 6.92. The number of ether oxygens (including phenoxy) is 1. The summed E-state index contributed by atoms with van der Waals surface area (Å²) in [4.78, 5) is 12.1. The van der Waals surface area contributed by atoms with Gasteiger partial charge in [-0.25, -0.2) is 8.42 Å². The highest BCUT2D eigenvalue weighted by atomic mass is 32.2. The van der Waals surface area contributed by atoms with Crippen LogP contribution in [0.25, 0.3) is 0 Å². The summed E-state index contributed by atoms with van der Waals surface area (Å²) < 4.78 is 32.6. The van der Waals surface area contributed by atoms with E-state index >= 15 is 0 Å². The van der Waals surface area contributed by atoms with Gasteiger partial charge in [-0.1, -0.05) is 6.92 Å². The van der Waals surface area contributed by atoms with Crippen LogP contribution in [0, 0.1) is 5.92 Å². The molecule has 8 heteroatoms. The first kappa shape index (κ1) is 17.2. The number of amides is 1. The number of aliphatic hydroxyl groups is 1. The van der Waals surface area contributed by atoms with Crippen molar-refractivity contribution in [3.8, 4) is 5.75 Å². The van der Waals surface area contributed by atoms with Crippen LogP contribution in [0.3, 0.4) is 0 Å². The van der Waals surface area contributed by atoms with Crippen molar-refractivity contribution in [3.63, 3.8) is 0 Å². The van der Waals surface area contributed by atoms with Crippen molar-refractivity contribution < 1.29 is 23.1 Å². The molecule has 0 aromatic heterocycles. The number of nitrogens with zero attached hydrogens (tertiary/aromatic N) is 1. The van der Waals surface area contributed by atoms with Gasteiger partial charge in [0.15, 0.2) is 5.60 Å². The van der Waals surface area contributed by atoms with E-state index in [1.807, 2.05) is 6.92 Å². The lowest BCUT2D eigenvalue weighted by atomic mass is 9.99. The minimum atomic E-state index is -3.68. The zero-order valence-corrected chi connectivity index (χ0v) is 14.8. The number of piperidine rings is 1. The second-order valence-corrected chi connectivity index (χ2v) is 8.86. The fraction of sp³-hybridized carbons (Fsp3) is 0.562. The van der Waals surface area contributed by atoms with E-state index in [0.29, 0.717) is 17.9 Å². The number of aliphatic hydroxyl groups excluding tert-OH is 1. The highest BCUT2D eigenvalue weighted by Gasteiger charge is 2.37. The molecule has 2 aliphatic heterocycles. The largest absolute Gasteiger partial charge is 0.476 e. The molecule has 1 amide bonds.